The summed E-state index contributed by atoms with van der Waals surface area (Å²) >= 11 is 0. The van der Waals surface area contributed by atoms with Crippen LogP contribution in [-0.2, 0) is 0 Å². The molecule has 2 nitrogen and oxygen atoms in total. The second-order valence-corrected chi connectivity index (χ2v) is 2.16. The highest BCUT2D eigenvalue weighted by Crippen LogP contribution is 1.96. The fourth-order valence-corrected chi connectivity index (χ4v) is 0.400. The summed E-state index contributed by atoms with van der Waals surface area (Å²) in [4.78, 5) is 0. The molecule has 2 heteroatoms. The summed E-state index contributed by atoms with van der Waals surface area (Å²) in [6, 6.07) is 1.73. The van der Waals surface area contributed by atoms with E-state index in [9.17, 15) is 0 Å². The van der Waals surface area contributed by atoms with Gasteiger partial charge in [0, 0.05) is 6.42 Å². The third kappa shape index (κ3) is 5.05. The van der Waals surface area contributed by atoms with Crippen molar-refractivity contribution in [3.63, 3.8) is 0 Å². The Bertz CT molecular complexity index is 139. The second-order valence-electron chi connectivity index (χ2n) is 2.16. The van der Waals surface area contributed by atoms with Crippen LogP contribution in [0.5, 0.6) is 0 Å². The molecule has 50 valence electrons. The van der Waals surface area contributed by atoms with Gasteiger partial charge in [0.2, 0.25) is 0 Å². The van der Waals surface area contributed by atoms with E-state index in [0.29, 0.717) is 6.42 Å². The lowest BCUT2D eigenvalue weighted by molar-refractivity contribution is 0.234. The van der Waals surface area contributed by atoms with Crippen molar-refractivity contribution >= 4 is 0 Å². The van der Waals surface area contributed by atoms with E-state index in [0.717, 1.165) is 5.57 Å². The van der Waals surface area contributed by atoms with Crippen molar-refractivity contribution in [3.8, 4) is 6.07 Å². The van der Waals surface area contributed by atoms with Gasteiger partial charge in [0.25, 0.3) is 0 Å². The molecule has 9 heavy (non-hydrogen) atoms. The van der Waals surface area contributed by atoms with Crippen molar-refractivity contribution in [2.45, 2.75) is 26.4 Å². The third-order valence-corrected chi connectivity index (χ3v) is 0.898. The maximum atomic E-state index is 8.70. The van der Waals surface area contributed by atoms with Gasteiger partial charge in [-0.2, -0.15) is 5.26 Å². The lowest BCUT2D eigenvalue weighted by Gasteiger charge is -1.93. The van der Waals surface area contributed by atoms with Crippen LogP contribution >= 0.6 is 0 Å². The highest BCUT2D eigenvalue weighted by molar-refractivity contribution is 4.98. The van der Waals surface area contributed by atoms with Crippen molar-refractivity contribution in [1.29, 1.82) is 5.26 Å². The first-order chi connectivity index (χ1) is 4.16. The molecule has 0 aromatic rings. The predicted molar refractivity (Wildman–Crippen MR) is 35.7 cm³/mol. The summed E-state index contributed by atoms with van der Waals surface area (Å²) in [5.74, 6) is 0. The van der Waals surface area contributed by atoms with E-state index in [-0.39, 0.29) is 0 Å². The molecule has 1 N–H and O–H groups in total. The average Bonchev–Trinajstić information content (AvgIpc) is 1.83. The van der Waals surface area contributed by atoms with E-state index in [1.54, 1.807) is 6.07 Å². The van der Waals surface area contributed by atoms with Crippen LogP contribution in [0.2, 0.25) is 0 Å². The molecule has 0 aliphatic rings. The molecule has 0 aromatic heterocycles. The highest BCUT2D eigenvalue weighted by Gasteiger charge is 1.95. The lowest BCUT2D eigenvalue weighted by Crippen LogP contribution is -1.99. The molecule has 0 aliphatic carbocycles. The van der Waals surface area contributed by atoms with Gasteiger partial charge in [-0.05, 0) is 13.8 Å². The summed E-state index contributed by atoms with van der Waals surface area (Å²) in [5.41, 5.74) is 1.13. The molecule has 0 heterocycles. The molecule has 0 radical (unpaired) electrons. The van der Waals surface area contributed by atoms with E-state index in [2.05, 4.69) is 0 Å². The van der Waals surface area contributed by atoms with E-state index in [4.69, 9.17) is 10.4 Å². The first-order valence-corrected chi connectivity index (χ1v) is 2.88. The standard InChI is InChI=1S/C7H11NO/c1-6(2)3-4-7(9)5-8/h3,7,9H,4H2,1-2H3/t7-/m1/s1. The van der Waals surface area contributed by atoms with E-state index >= 15 is 0 Å². The maximum absolute atomic E-state index is 8.70. The van der Waals surface area contributed by atoms with Crippen LogP contribution in [0.1, 0.15) is 20.3 Å². The van der Waals surface area contributed by atoms with Crippen molar-refractivity contribution in [2.75, 3.05) is 0 Å². The molecular formula is C7H11NO. The van der Waals surface area contributed by atoms with Gasteiger partial charge in [-0.1, -0.05) is 11.6 Å². The SMILES string of the molecule is CC(C)=CC[C@@H](O)C#N. The fraction of sp³-hybridized carbons (Fsp3) is 0.571. The molecular weight excluding hydrogens is 114 g/mol. The molecule has 0 fully saturated rings. The Morgan fingerprint density at radius 3 is 2.67 bits per heavy atom. The van der Waals surface area contributed by atoms with Crippen molar-refractivity contribution in [2.24, 2.45) is 0 Å². The van der Waals surface area contributed by atoms with Gasteiger partial charge in [-0.3, -0.25) is 0 Å². The van der Waals surface area contributed by atoms with Crippen molar-refractivity contribution in [3.05, 3.63) is 11.6 Å². The normalized spacial score (nSPS) is 11.8. The zero-order valence-electron chi connectivity index (χ0n) is 5.76. The monoisotopic (exact) mass is 125 g/mol. The minimum atomic E-state index is -0.833. The Morgan fingerprint density at radius 1 is 1.78 bits per heavy atom. The summed E-state index contributed by atoms with van der Waals surface area (Å²) in [6.45, 7) is 3.87. The predicted octanol–water partition coefficient (Wildman–Crippen LogP) is 1.23. The van der Waals surface area contributed by atoms with E-state index < -0.39 is 6.10 Å². The van der Waals surface area contributed by atoms with Crippen LogP contribution in [0, 0.1) is 11.3 Å². The van der Waals surface area contributed by atoms with Gasteiger partial charge >= 0.3 is 0 Å². The quantitative estimate of drug-likeness (QED) is 0.445. The van der Waals surface area contributed by atoms with E-state index in [1.807, 2.05) is 19.9 Å². The van der Waals surface area contributed by atoms with Crippen molar-refractivity contribution < 1.29 is 5.11 Å². The number of hydrogen-bond acceptors (Lipinski definition) is 2. The molecule has 0 spiro atoms. The first kappa shape index (κ1) is 8.19. The highest BCUT2D eigenvalue weighted by atomic mass is 16.3. The number of nitriles is 1. The Morgan fingerprint density at radius 2 is 2.33 bits per heavy atom. The summed E-state index contributed by atoms with van der Waals surface area (Å²) in [5, 5.41) is 16.8. The molecule has 0 rings (SSSR count). The van der Waals surface area contributed by atoms with Gasteiger partial charge in [-0.25, -0.2) is 0 Å². The summed E-state index contributed by atoms with van der Waals surface area (Å²) in [6.07, 6.45) is 1.45. The van der Waals surface area contributed by atoms with Crippen LogP contribution in [0.15, 0.2) is 11.6 Å². The number of hydrogen-bond donors (Lipinski definition) is 1. The summed E-state index contributed by atoms with van der Waals surface area (Å²) < 4.78 is 0. The molecule has 0 aromatic carbocycles. The molecule has 0 saturated carbocycles. The fourth-order valence-electron chi connectivity index (χ4n) is 0.400. The molecule has 1 atom stereocenters. The lowest BCUT2D eigenvalue weighted by atomic mass is 10.2. The molecule has 0 unspecified atom stereocenters. The van der Waals surface area contributed by atoms with Gasteiger partial charge in [0.15, 0.2) is 0 Å². The summed E-state index contributed by atoms with van der Waals surface area (Å²) in [7, 11) is 0. The molecule has 0 amide bonds. The van der Waals surface area contributed by atoms with Crippen LogP contribution in [0.3, 0.4) is 0 Å². The molecule has 0 aliphatic heterocycles. The van der Waals surface area contributed by atoms with Crippen LogP contribution in [0.25, 0.3) is 0 Å². The number of rotatable bonds is 2. The average molecular weight is 125 g/mol. The van der Waals surface area contributed by atoms with Gasteiger partial charge < -0.3 is 5.11 Å². The zero-order valence-corrected chi connectivity index (χ0v) is 5.76. The van der Waals surface area contributed by atoms with Crippen LogP contribution < -0.4 is 0 Å². The van der Waals surface area contributed by atoms with Crippen LogP contribution in [0.4, 0.5) is 0 Å². The second kappa shape index (κ2) is 4.11. The van der Waals surface area contributed by atoms with Gasteiger partial charge in [0.05, 0.1) is 6.07 Å². The minimum absolute atomic E-state index is 0.443. The Kier molecular flexibility index (Phi) is 3.74. The van der Waals surface area contributed by atoms with Crippen LogP contribution in [-0.4, -0.2) is 11.2 Å². The number of allylic oxidation sites excluding steroid dienone is 1. The minimum Gasteiger partial charge on any atom is -0.378 e. The Balaban J connectivity index is 3.53. The maximum Gasteiger partial charge on any atom is 0.143 e. The number of aliphatic hydroxyl groups excluding tert-OH is 1. The van der Waals surface area contributed by atoms with E-state index in [1.165, 1.54) is 0 Å². The van der Waals surface area contributed by atoms with Gasteiger partial charge in [-0.15, -0.1) is 0 Å². The topological polar surface area (TPSA) is 44.0 Å². The van der Waals surface area contributed by atoms with Gasteiger partial charge in [0.1, 0.15) is 6.10 Å². The molecule has 0 saturated heterocycles. The largest absolute Gasteiger partial charge is 0.378 e. The number of aliphatic hydroxyl groups is 1. The Labute approximate surface area is 55.4 Å². The number of nitrogens with zero attached hydrogens (tertiary/aromatic N) is 1. The van der Waals surface area contributed by atoms with Crippen molar-refractivity contribution in [1.82, 2.24) is 0 Å². The Hall–Kier alpha value is -0.810. The molecule has 0 bridgehead atoms. The third-order valence-electron chi connectivity index (χ3n) is 0.898. The smallest absolute Gasteiger partial charge is 0.143 e. The zero-order chi connectivity index (χ0) is 7.28. The first-order valence-electron chi connectivity index (χ1n) is 2.88.